The van der Waals surface area contributed by atoms with Gasteiger partial charge in [0.05, 0.1) is 7.11 Å². The van der Waals surface area contributed by atoms with Crippen molar-refractivity contribution in [1.82, 2.24) is 9.88 Å². The standard InChI is InChI=1S/C17H23N3O/c1-13(18)17(15-8-10-19-11-9-15)20(2)12-14-4-6-16(21-3)7-5-14/h4-11,13,17H,12,18H2,1-3H3. The summed E-state index contributed by atoms with van der Waals surface area (Å²) in [4.78, 5) is 6.34. The molecule has 0 saturated heterocycles. The summed E-state index contributed by atoms with van der Waals surface area (Å²) in [6.07, 6.45) is 3.62. The lowest BCUT2D eigenvalue weighted by molar-refractivity contribution is 0.211. The molecule has 21 heavy (non-hydrogen) atoms. The summed E-state index contributed by atoms with van der Waals surface area (Å²) in [6.45, 7) is 2.87. The van der Waals surface area contributed by atoms with Gasteiger partial charge in [0.15, 0.2) is 0 Å². The molecular weight excluding hydrogens is 262 g/mol. The molecule has 2 atom stereocenters. The Morgan fingerprint density at radius 3 is 2.29 bits per heavy atom. The molecule has 1 aromatic heterocycles. The molecule has 4 heteroatoms. The third kappa shape index (κ3) is 4.03. The van der Waals surface area contributed by atoms with E-state index in [1.807, 2.05) is 43.6 Å². The third-order valence-electron chi connectivity index (χ3n) is 3.61. The summed E-state index contributed by atoms with van der Waals surface area (Å²) in [5, 5.41) is 0. The number of rotatable bonds is 6. The molecule has 0 aliphatic heterocycles. The van der Waals surface area contributed by atoms with Crippen LogP contribution in [0.1, 0.15) is 24.1 Å². The highest BCUT2D eigenvalue weighted by Crippen LogP contribution is 2.24. The van der Waals surface area contributed by atoms with Crippen LogP contribution in [0.15, 0.2) is 48.8 Å². The largest absolute Gasteiger partial charge is 0.497 e. The number of nitrogens with zero attached hydrogens (tertiary/aromatic N) is 2. The Balaban J connectivity index is 2.13. The fourth-order valence-electron chi connectivity index (χ4n) is 2.64. The van der Waals surface area contributed by atoms with Gasteiger partial charge in [0.1, 0.15) is 5.75 Å². The van der Waals surface area contributed by atoms with Gasteiger partial charge in [-0.3, -0.25) is 9.88 Å². The molecule has 1 aromatic carbocycles. The number of methoxy groups -OCH3 is 1. The third-order valence-corrected chi connectivity index (χ3v) is 3.61. The molecule has 4 nitrogen and oxygen atoms in total. The number of hydrogen-bond acceptors (Lipinski definition) is 4. The highest BCUT2D eigenvalue weighted by molar-refractivity contribution is 5.27. The number of likely N-dealkylation sites (N-methyl/N-ethyl adjacent to an activating group) is 1. The van der Waals surface area contributed by atoms with Crippen LogP contribution in [0.2, 0.25) is 0 Å². The van der Waals surface area contributed by atoms with Gasteiger partial charge >= 0.3 is 0 Å². The molecule has 2 N–H and O–H groups in total. The van der Waals surface area contributed by atoms with Crippen molar-refractivity contribution in [3.8, 4) is 5.75 Å². The van der Waals surface area contributed by atoms with E-state index in [0.717, 1.165) is 12.3 Å². The molecule has 2 aromatic rings. The Morgan fingerprint density at radius 2 is 1.76 bits per heavy atom. The molecule has 2 unspecified atom stereocenters. The maximum absolute atomic E-state index is 6.19. The molecule has 0 radical (unpaired) electrons. The van der Waals surface area contributed by atoms with Gasteiger partial charge in [0.25, 0.3) is 0 Å². The SMILES string of the molecule is COc1ccc(CN(C)C(c2ccncc2)C(C)N)cc1. The van der Waals surface area contributed by atoms with Crippen molar-refractivity contribution in [2.45, 2.75) is 25.6 Å². The van der Waals surface area contributed by atoms with E-state index in [1.165, 1.54) is 11.1 Å². The van der Waals surface area contributed by atoms with Gasteiger partial charge < -0.3 is 10.5 Å². The summed E-state index contributed by atoms with van der Waals surface area (Å²) in [6, 6.07) is 12.4. The van der Waals surface area contributed by atoms with Gasteiger partial charge in [-0.1, -0.05) is 12.1 Å². The van der Waals surface area contributed by atoms with Crippen molar-refractivity contribution < 1.29 is 4.74 Å². The van der Waals surface area contributed by atoms with Crippen LogP contribution in [-0.4, -0.2) is 30.1 Å². The molecular formula is C17H23N3O. The number of benzene rings is 1. The number of aromatic nitrogens is 1. The minimum absolute atomic E-state index is 0.0376. The Bertz CT molecular complexity index is 540. The lowest BCUT2D eigenvalue weighted by atomic mass is 10.00. The molecule has 0 aliphatic carbocycles. The highest BCUT2D eigenvalue weighted by Gasteiger charge is 2.21. The molecule has 0 spiro atoms. The van der Waals surface area contributed by atoms with Crippen molar-refractivity contribution in [1.29, 1.82) is 0 Å². The second-order valence-corrected chi connectivity index (χ2v) is 5.35. The molecule has 0 aliphatic rings. The van der Waals surface area contributed by atoms with Crippen LogP contribution >= 0.6 is 0 Å². The fourth-order valence-corrected chi connectivity index (χ4v) is 2.64. The maximum atomic E-state index is 6.19. The molecule has 0 saturated carbocycles. The first-order chi connectivity index (χ1) is 10.1. The summed E-state index contributed by atoms with van der Waals surface area (Å²) >= 11 is 0. The van der Waals surface area contributed by atoms with E-state index in [4.69, 9.17) is 10.5 Å². The Labute approximate surface area is 126 Å². The lowest BCUT2D eigenvalue weighted by Crippen LogP contribution is -2.36. The highest BCUT2D eigenvalue weighted by atomic mass is 16.5. The van der Waals surface area contributed by atoms with Crippen molar-refractivity contribution in [3.63, 3.8) is 0 Å². The number of nitrogens with two attached hydrogens (primary N) is 1. The predicted octanol–water partition coefficient (Wildman–Crippen LogP) is 2.61. The number of pyridine rings is 1. The smallest absolute Gasteiger partial charge is 0.118 e. The summed E-state index contributed by atoms with van der Waals surface area (Å²) in [7, 11) is 3.77. The monoisotopic (exact) mass is 285 g/mol. The Morgan fingerprint density at radius 1 is 1.14 bits per heavy atom. The number of hydrogen-bond donors (Lipinski definition) is 1. The van der Waals surface area contributed by atoms with E-state index in [9.17, 15) is 0 Å². The van der Waals surface area contributed by atoms with Crippen molar-refractivity contribution >= 4 is 0 Å². The zero-order chi connectivity index (χ0) is 15.2. The lowest BCUT2D eigenvalue weighted by Gasteiger charge is -2.31. The van der Waals surface area contributed by atoms with Crippen LogP contribution in [0, 0.1) is 0 Å². The first kappa shape index (κ1) is 15.5. The normalized spacial score (nSPS) is 14.0. The average molecular weight is 285 g/mol. The van der Waals surface area contributed by atoms with Crippen LogP contribution in [-0.2, 0) is 6.54 Å². The van der Waals surface area contributed by atoms with Gasteiger partial charge in [0, 0.05) is 31.0 Å². The average Bonchev–Trinajstić information content (AvgIpc) is 2.49. The van der Waals surface area contributed by atoms with Crippen LogP contribution in [0.3, 0.4) is 0 Å². The predicted molar refractivity (Wildman–Crippen MR) is 85.1 cm³/mol. The van der Waals surface area contributed by atoms with Crippen LogP contribution in [0.4, 0.5) is 0 Å². The van der Waals surface area contributed by atoms with E-state index in [0.29, 0.717) is 0 Å². The van der Waals surface area contributed by atoms with Crippen molar-refractivity contribution in [2.24, 2.45) is 5.73 Å². The Hall–Kier alpha value is -1.91. The van der Waals surface area contributed by atoms with E-state index in [2.05, 4.69) is 29.1 Å². The molecule has 2 rings (SSSR count). The second-order valence-electron chi connectivity index (χ2n) is 5.35. The van der Waals surface area contributed by atoms with Gasteiger partial charge in [-0.2, -0.15) is 0 Å². The first-order valence-corrected chi connectivity index (χ1v) is 7.10. The van der Waals surface area contributed by atoms with Crippen molar-refractivity contribution in [3.05, 3.63) is 59.9 Å². The quantitative estimate of drug-likeness (QED) is 0.886. The summed E-state index contributed by atoms with van der Waals surface area (Å²) in [5.41, 5.74) is 8.61. The van der Waals surface area contributed by atoms with Crippen molar-refractivity contribution in [2.75, 3.05) is 14.2 Å². The molecule has 0 fully saturated rings. The van der Waals surface area contributed by atoms with Gasteiger partial charge in [-0.15, -0.1) is 0 Å². The Kier molecular flexibility index (Phi) is 5.31. The summed E-state index contributed by atoms with van der Waals surface area (Å²) < 4.78 is 5.19. The zero-order valence-electron chi connectivity index (χ0n) is 12.9. The maximum Gasteiger partial charge on any atom is 0.118 e. The van der Waals surface area contributed by atoms with Crippen LogP contribution < -0.4 is 10.5 Å². The van der Waals surface area contributed by atoms with Gasteiger partial charge in [-0.25, -0.2) is 0 Å². The molecule has 1 heterocycles. The first-order valence-electron chi connectivity index (χ1n) is 7.10. The van der Waals surface area contributed by atoms with E-state index < -0.39 is 0 Å². The minimum Gasteiger partial charge on any atom is -0.497 e. The van der Waals surface area contributed by atoms with Crippen LogP contribution in [0.5, 0.6) is 5.75 Å². The van der Waals surface area contributed by atoms with Gasteiger partial charge in [0.2, 0.25) is 0 Å². The van der Waals surface area contributed by atoms with Gasteiger partial charge in [-0.05, 0) is 49.4 Å². The number of ether oxygens (including phenoxy) is 1. The fraction of sp³-hybridized carbons (Fsp3) is 0.353. The second kappa shape index (κ2) is 7.20. The van der Waals surface area contributed by atoms with E-state index in [1.54, 1.807) is 7.11 Å². The molecule has 112 valence electrons. The molecule has 0 amide bonds. The van der Waals surface area contributed by atoms with E-state index >= 15 is 0 Å². The van der Waals surface area contributed by atoms with Crippen LogP contribution in [0.25, 0.3) is 0 Å². The summed E-state index contributed by atoms with van der Waals surface area (Å²) in [5.74, 6) is 0.874. The topological polar surface area (TPSA) is 51.4 Å². The van der Waals surface area contributed by atoms with E-state index in [-0.39, 0.29) is 12.1 Å². The minimum atomic E-state index is 0.0376. The molecule has 0 bridgehead atoms. The zero-order valence-corrected chi connectivity index (χ0v) is 12.9.